The Morgan fingerprint density at radius 2 is 1.83 bits per heavy atom. The van der Waals surface area contributed by atoms with Gasteiger partial charge in [-0.05, 0) is 30.9 Å². The van der Waals surface area contributed by atoms with Gasteiger partial charge < -0.3 is 10.1 Å². The molecule has 1 aromatic rings. The van der Waals surface area contributed by atoms with Crippen molar-refractivity contribution in [3.63, 3.8) is 0 Å². The van der Waals surface area contributed by atoms with E-state index < -0.39 is 0 Å². The highest BCUT2D eigenvalue weighted by atomic mass is 16.5. The van der Waals surface area contributed by atoms with Crippen LogP contribution in [0.1, 0.15) is 32.8 Å². The Bertz CT molecular complexity index is 376. The Hall–Kier alpha value is -1.51. The molecule has 0 spiro atoms. The average molecular weight is 249 g/mol. The Labute approximate surface area is 110 Å². The van der Waals surface area contributed by atoms with Crippen molar-refractivity contribution in [3.8, 4) is 0 Å². The third kappa shape index (κ3) is 6.28. The first-order valence-corrected chi connectivity index (χ1v) is 6.33. The predicted molar refractivity (Wildman–Crippen MR) is 74.7 cm³/mol. The van der Waals surface area contributed by atoms with Gasteiger partial charge in [0.1, 0.15) is 6.54 Å². The molecule has 0 bridgehead atoms. The quantitative estimate of drug-likeness (QED) is 0.813. The lowest BCUT2D eigenvalue weighted by molar-refractivity contribution is -0.142. The first-order chi connectivity index (χ1) is 8.37. The predicted octanol–water partition coefficient (Wildman–Crippen LogP) is 3.39. The second kappa shape index (κ2) is 6.43. The number of esters is 1. The number of anilines is 1. The number of rotatable bonds is 5. The summed E-state index contributed by atoms with van der Waals surface area (Å²) in [5, 5.41) is 3.04. The maximum Gasteiger partial charge on any atom is 0.325 e. The van der Waals surface area contributed by atoms with Gasteiger partial charge in [0.05, 0.1) is 6.61 Å². The van der Waals surface area contributed by atoms with Crippen molar-refractivity contribution < 1.29 is 9.53 Å². The summed E-state index contributed by atoms with van der Waals surface area (Å²) in [7, 11) is 0. The van der Waals surface area contributed by atoms with Crippen LogP contribution < -0.4 is 5.32 Å². The van der Waals surface area contributed by atoms with Gasteiger partial charge in [0, 0.05) is 5.69 Å². The summed E-state index contributed by atoms with van der Waals surface area (Å²) in [5.41, 5.74) is 2.34. The third-order valence-electron chi connectivity index (χ3n) is 2.60. The van der Waals surface area contributed by atoms with Gasteiger partial charge in [-0.25, -0.2) is 0 Å². The van der Waals surface area contributed by atoms with E-state index in [2.05, 4.69) is 26.1 Å². The lowest BCUT2D eigenvalue weighted by Gasteiger charge is -2.17. The minimum Gasteiger partial charge on any atom is -0.464 e. The van der Waals surface area contributed by atoms with Crippen molar-refractivity contribution in [1.29, 1.82) is 0 Å². The molecule has 0 aliphatic rings. The molecule has 0 atom stereocenters. The van der Waals surface area contributed by atoms with Crippen LogP contribution in [0.25, 0.3) is 0 Å². The van der Waals surface area contributed by atoms with Crippen LogP contribution in [-0.4, -0.2) is 19.1 Å². The van der Waals surface area contributed by atoms with Gasteiger partial charge in [-0.2, -0.15) is 0 Å². The maximum absolute atomic E-state index is 11.5. The zero-order valence-electron chi connectivity index (χ0n) is 11.7. The van der Waals surface area contributed by atoms with Crippen LogP contribution in [0, 0.1) is 12.3 Å². The molecule has 0 heterocycles. The van der Waals surface area contributed by atoms with Crippen LogP contribution >= 0.6 is 0 Å². The molecule has 1 N–H and O–H groups in total. The zero-order chi connectivity index (χ0) is 13.6. The Morgan fingerprint density at radius 3 is 2.39 bits per heavy atom. The maximum atomic E-state index is 11.5. The summed E-state index contributed by atoms with van der Waals surface area (Å²) in [6.07, 6.45) is 0.878. The lowest BCUT2D eigenvalue weighted by Crippen LogP contribution is -2.19. The van der Waals surface area contributed by atoms with E-state index in [9.17, 15) is 4.79 Å². The van der Waals surface area contributed by atoms with E-state index in [-0.39, 0.29) is 17.9 Å². The van der Waals surface area contributed by atoms with Crippen LogP contribution in [0.4, 0.5) is 5.69 Å². The summed E-state index contributed by atoms with van der Waals surface area (Å²) >= 11 is 0. The topological polar surface area (TPSA) is 38.3 Å². The van der Waals surface area contributed by atoms with Crippen LogP contribution in [0.5, 0.6) is 0 Å². The lowest BCUT2D eigenvalue weighted by atomic mass is 9.93. The number of carbonyl (C=O) groups is 1. The Kier molecular flexibility index (Phi) is 5.20. The molecule has 0 saturated carbocycles. The van der Waals surface area contributed by atoms with Gasteiger partial charge in [0.15, 0.2) is 0 Å². The molecule has 0 amide bonds. The van der Waals surface area contributed by atoms with Crippen molar-refractivity contribution in [2.24, 2.45) is 5.41 Å². The van der Waals surface area contributed by atoms with Crippen molar-refractivity contribution in [2.75, 3.05) is 18.5 Å². The number of ether oxygens (including phenoxy) is 1. The molecule has 0 aromatic heterocycles. The summed E-state index contributed by atoms with van der Waals surface area (Å²) in [6.45, 7) is 9.12. The van der Waals surface area contributed by atoms with Gasteiger partial charge in [-0.3, -0.25) is 4.79 Å². The highest BCUT2D eigenvalue weighted by Crippen LogP contribution is 2.17. The van der Waals surface area contributed by atoms with E-state index in [0.717, 1.165) is 12.1 Å². The Balaban J connectivity index is 2.23. The second-order valence-corrected chi connectivity index (χ2v) is 5.75. The number of aryl methyl sites for hydroxylation is 1. The zero-order valence-corrected chi connectivity index (χ0v) is 11.7. The second-order valence-electron chi connectivity index (χ2n) is 5.75. The molecule has 0 unspecified atom stereocenters. The van der Waals surface area contributed by atoms with E-state index in [1.165, 1.54) is 5.56 Å². The molecule has 0 aliphatic heterocycles. The minimum absolute atomic E-state index is 0.199. The van der Waals surface area contributed by atoms with Crippen LogP contribution in [0.3, 0.4) is 0 Å². The summed E-state index contributed by atoms with van der Waals surface area (Å²) in [5.74, 6) is -0.208. The molecule has 1 rings (SSSR count). The largest absolute Gasteiger partial charge is 0.464 e. The first kappa shape index (κ1) is 14.6. The van der Waals surface area contributed by atoms with Gasteiger partial charge in [0.25, 0.3) is 0 Å². The summed E-state index contributed by atoms with van der Waals surface area (Å²) < 4.78 is 5.16. The molecule has 0 aliphatic carbocycles. The molecule has 0 radical (unpaired) electrons. The number of carbonyl (C=O) groups excluding carboxylic acids is 1. The fourth-order valence-corrected chi connectivity index (χ4v) is 1.37. The third-order valence-corrected chi connectivity index (χ3v) is 2.60. The van der Waals surface area contributed by atoms with E-state index >= 15 is 0 Å². The number of hydrogen-bond donors (Lipinski definition) is 1. The van der Waals surface area contributed by atoms with Crippen molar-refractivity contribution >= 4 is 11.7 Å². The molecule has 1 aromatic carbocycles. The number of nitrogens with one attached hydrogen (secondary N) is 1. The SMILES string of the molecule is Cc1ccc(NCC(=O)OCCC(C)(C)C)cc1. The molecular formula is C15H23NO2. The van der Waals surface area contributed by atoms with Gasteiger partial charge in [0.2, 0.25) is 0 Å². The summed E-state index contributed by atoms with van der Waals surface area (Å²) in [6, 6.07) is 7.93. The minimum atomic E-state index is -0.208. The van der Waals surface area contributed by atoms with E-state index in [1.54, 1.807) is 0 Å². The summed E-state index contributed by atoms with van der Waals surface area (Å²) in [4.78, 5) is 11.5. The van der Waals surface area contributed by atoms with Crippen LogP contribution in [0.15, 0.2) is 24.3 Å². The molecule has 0 fully saturated rings. The van der Waals surface area contributed by atoms with Gasteiger partial charge in [-0.1, -0.05) is 38.5 Å². The van der Waals surface area contributed by atoms with Crippen molar-refractivity contribution in [1.82, 2.24) is 0 Å². The first-order valence-electron chi connectivity index (χ1n) is 6.33. The molecule has 100 valence electrons. The van der Waals surface area contributed by atoms with E-state index in [0.29, 0.717) is 6.61 Å². The van der Waals surface area contributed by atoms with Crippen molar-refractivity contribution in [3.05, 3.63) is 29.8 Å². The molecule has 18 heavy (non-hydrogen) atoms. The van der Waals surface area contributed by atoms with Crippen LogP contribution in [-0.2, 0) is 9.53 Å². The normalized spacial score (nSPS) is 11.1. The monoisotopic (exact) mass is 249 g/mol. The smallest absolute Gasteiger partial charge is 0.325 e. The molecule has 3 heteroatoms. The molecular weight excluding hydrogens is 226 g/mol. The highest BCUT2D eigenvalue weighted by Gasteiger charge is 2.11. The number of benzene rings is 1. The molecule has 0 saturated heterocycles. The van der Waals surface area contributed by atoms with Gasteiger partial charge >= 0.3 is 5.97 Å². The average Bonchev–Trinajstić information content (AvgIpc) is 2.26. The van der Waals surface area contributed by atoms with Crippen molar-refractivity contribution in [2.45, 2.75) is 34.1 Å². The molecule has 3 nitrogen and oxygen atoms in total. The van der Waals surface area contributed by atoms with E-state index in [4.69, 9.17) is 4.74 Å². The fraction of sp³-hybridized carbons (Fsp3) is 0.533. The fourth-order valence-electron chi connectivity index (χ4n) is 1.37. The van der Waals surface area contributed by atoms with E-state index in [1.807, 2.05) is 31.2 Å². The standard InChI is InChI=1S/C15H23NO2/c1-12-5-7-13(8-6-12)16-11-14(17)18-10-9-15(2,3)4/h5-8,16H,9-11H2,1-4H3. The Morgan fingerprint density at radius 1 is 1.22 bits per heavy atom. The number of hydrogen-bond acceptors (Lipinski definition) is 3. The highest BCUT2D eigenvalue weighted by molar-refractivity contribution is 5.74. The van der Waals surface area contributed by atoms with Crippen LogP contribution in [0.2, 0.25) is 0 Å². The van der Waals surface area contributed by atoms with Gasteiger partial charge in [-0.15, -0.1) is 0 Å².